The van der Waals surface area contributed by atoms with Gasteiger partial charge in [0.05, 0.1) is 22.1 Å². The summed E-state index contributed by atoms with van der Waals surface area (Å²) in [4.78, 5) is 0. The molecule has 2 nitrogen and oxygen atoms in total. The average Bonchev–Trinajstić information content (AvgIpc) is 3.97. The van der Waals surface area contributed by atoms with E-state index in [4.69, 9.17) is 0 Å². The van der Waals surface area contributed by atoms with Crippen molar-refractivity contribution >= 4 is 54.4 Å². The van der Waals surface area contributed by atoms with Crippen molar-refractivity contribution in [1.82, 2.24) is 9.13 Å². The van der Waals surface area contributed by atoms with E-state index in [1.165, 1.54) is 99.0 Å². The van der Waals surface area contributed by atoms with Crippen molar-refractivity contribution in [3.63, 3.8) is 0 Å². The summed E-state index contributed by atoms with van der Waals surface area (Å²) < 4.78 is 5.07. The van der Waals surface area contributed by atoms with Crippen LogP contribution in [0.5, 0.6) is 0 Å². The summed E-state index contributed by atoms with van der Waals surface area (Å²) in [6.45, 7) is 0. The Morgan fingerprint density at radius 2 is 0.528 bits per heavy atom. The minimum absolute atomic E-state index is 1.11. The fourth-order valence-corrected chi connectivity index (χ4v) is 11.3. The van der Waals surface area contributed by atoms with Gasteiger partial charge in [0, 0.05) is 22.1 Å². The number of hydrogen-bond donors (Lipinski definition) is 0. The predicted octanol–water partition coefficient (Wildman–Crippen LogP) is 19.0. The fourth-order valence-electron chi connectivity index (χ4n) is 11.3. The average molecular weight is 915 g/mol. The van der Waals surface area contributed by atoms with E-state index < -0.39 is 0 Å². The van der Waals surface area contributed by atoms with Gasteiger partial charge in [-0.05, 0) is 137 Å². The van der Waals surface area contributed by atoms with Crippen LogP contribution in [0.1, 0.15) is 0 Å². The highest BCUT2D eigenvalue weighted by molar-refractivity contribution is 6.21. The van der Waals surface area contributed by atoms with Crippen LogP contribution in [-0.2, 0) is 0 Å². The van der Waals surface area contributed by atoms with Crippen molar-refractivity contribution < 1.29 is 0 Å². The maximum absolute atomic E-state index is 2.54. The highest BCUT2D eigenvalue weighted by atomic mass is 15.1. The fraction of sp³-hybridized carbons (Fsp3) is 0. The zero-order valence-corrected chi connectivity index (χ0v) is 39.5. The van der Waals surface area contributed by atoms with Gasteiger partial charge in [-0.1, -0.05) is 231 Å². The molecule has 0 amide bonds. The molecule has 0 atom stereocenters. The molecule has 72 heavy (non-hydrogen) atoms. The number of fused-ring (bicyclic) bond motifs is 7. The van der Waals surface area contributed by atoms with Gasteiger partial charge in [0.25, 0.3) is 0 Å². The normalized spacial score (nSPS) is 11.6. The molecule has 0 saturated heterocycles. The van der Waals surface area contributed by atoms with E-state index in [0.717, 1.165) is 33.5 Å². The number of benzene rings is 12. The molecule has 0 aliphatic carbocycles. The van der Waals surface area contributed by atoms with E-state index in [-0.39, 0.29) is 0 Å². The van der Waals surface area contributed by atoms with Gasteiger partial charge in [0.2, 0.25) is 0 Å². The van der Waals surface area contributed by atoms with Crippen molar-refractivity contribution in [2.45, 2.75) is 0 Å². The maximum Gasteiger partial charge on any atom is 0.0803 e. The lowest BCUT2D eigenvalue weighted by molar-refractivity contribution is 1.17. The zero-order valence-electron chi connectivity index (χ0n) is 39.5. The number of aromatic nitrogens is 2. The first-order valence-corrected chi connectivity index (χ1v) is 24.8. The third-order valence-corrected chi connectivity index (χ3v) is 14.7. The highest BCUT2D eigenvalue weighted by Gasteiger charge is 2.24. The van der Waals surface area contributed by atoms with Crippen molar-refractivity contribution in [2.75, 3.05) is 0 Å². The van der Waals surface area contributed by atoms with Crippen LogP contribution < -0.4 is 0 Å². The van der Waals surface area contributed by atoms with Crippen LogP contribution in [0.25, 0.3) is 133 Å². The van der Waals surface area contributed by atoms with Crippen LogP contribution >= 0.6 is 0 Å². The first kappa shape index (κ1) is 41.5. The topological polar surface area (TPSA) is 9.86 Å². The number of hydrogen-bond acceptors (Lipinski definition) is 0. The second kappa shape index (κ2) is 17.2. The summed E-state index contributed by atoms with van der Waals surface area (Å²) in [5.41, 5.74) is 21.2. The Kier molecular flexibility index (Phi) is 9.89. The molecule has 2 heteroatoms. The molecular formula is C70H46N2. The van der Waals surface area contributed by atoms with Crippen LogP contribution in [0.4, 0.5) is 0 Å². The Labute approximate surface area is 418 Å². The van der Waals surface area contributed by atoms with E-state index in [2.05, 4.69) is 288 Å². The van der Waals surface area contributed by atoms with Crippen molar-refractivity contribution in [2.24, 2.45) is 0 Å². The molecule has 0 aliphatic heterocycles. The van der Waals surface area contributed by atoms with E-state index in [9.17, 15) is 0 Å². The lowest BCUT2D eigenvalue weighted by Gasteiger charge is -2.14. The second-order valence-corrected chi connectivity index (χ2v) is 18.9. The van der Waals surface area contributed by atoms with Crippen molar-refractivity contribution in [1.29, 1.82) is 0 Å². The second-order valence-electron chi connectivity index (χ2n) is 18.9. The quantitative estimate of drug-likeness (QED) is 0.144. The van der Waals surface area contributed by atoms with Crippen molar-refractivity contribution in [3.8, 4) is 78.1 Å². The van der Waals surface area contributed by atoms with Gasteiger partial charge in [0.15, 0.2) is 0 Å². The first-order chi connectivity index (χ1) is 35.7. The lowest BCUT2D eigenvalue weighted by atomic mass is 9.97. The van der Waals surface area contributed by atoms with Gasteiger partial charge in [-0.3, -0.25) is 0 Å². The largest absolute Gasteiger partial charge is 0.307 e. The molecular weight excluding hydrogens is 869 g/mol. The Morgan fingerprint density at radius 3 is 0.972 bits per heavy atom. The van der Waals surface area contributed by atoms with Crippen LogP contribution in [0.3, 0.4) is 0 Å². The van der Waals surface area contributed by atoms with Gasteiger partial charge in [0.1, 0.15) is 0 Å². The summed E-state index contributed by atoms with van der Waals surface area (Å²) in [6.07, 6.45) is 0. The molecule has 14 aromatic rings. The van der Waals surface area contributed by atoms with E-state index in [1.807, 2.05) is 0 Å². The molecule has 0 saturated carbocycles. The van der Waals surface area contributed by atoms with Crippen LogP contribution in [0.15, 0.2) is 279 Å². The molecule has 0 spiro atoms. The van der Waals surface area contributed by atoms with Gasteiger partial charge in [-0.2, -0.15) is 0 Å². The van der Waals surface area contributed by atoms with Gasteiger partial charge < -0.3 is 9.13 Å². The van der Waals surface area contributed by atoms with Gasteiger partial charge in [-0.25, -0.2) is 0 Å². The summed E-state index contributed by atoms with van der Waals surface area (Å²) in [7, 11) is 0. The smallest absolute Gasteiger partial charge is 0.0803 e. The molecule has 0 aliphatic rings. The molecule has 336 valence electrons. The molecule has 0 bridgehead atoms. The third kappa shape index (κ3) is 7.03. The van der Waals surface area contributed by atoms with E-state index in [0.29, 0.717) is 0 Å². The molecule has 2 aromatic heterocycles. The van der Waals surface area contributed by atoms with Crippen molar-refractivity contribution in [3.05, 3.63) is 279 Å². The monoisotopic (exact) mass is 914 g/mol. The molecule has 0 N–H and O–H groups in total. The van der Waals surface area contributed by atoms with Gasteiger partial charge in [-0.15, -0.1) is 0 Å². The molecule has 14 rings (SSSR count). The Hall–Kier alpha value is -9.50. The number of nitrogens with zero attached hydrogens (tertiary/aromatic N) is 2. The Balaban J connectivity index is 1.06. The van der Waals surface area contributed by atoms with E-state index >= 15 is 0 Å². The summed E-state index contributed by atoms with van der Waals surface area (Å²) >= 11 is 0. The SMILES string of the molecule is c1ccc(-c2cccc(-c3cccc(-n4c5cc(-c6cccc7ccccc67)ccc5c5c4c4ccc(-c6cccc7ccccc67)cc4n5-c4cccc(-c5cccc(-c6ccccc6)c5)c4)c3)c2)cc1. The van der Waals surface area contributed by atoms with E-state index in [1.54, 1.807) is 0 Å². The van der Waals surface area contributed by atoms with Crippen LogP contribution in [0.2, 0.25) is 0 Å². The maximum atomic E-state index is 2.54. The zero-order chi connectivity index (χ0) is 47.5. The first-order valence-electron chi connectivity index (χ1n) is 24.8. The molecule has 0 fully saturated rings. The number of rotatable bonds is 8. The highest BCUT2D eigenvalue weighted by Crippen LogP contribution is 2.45. The molecule has 0 unspecified atom stereocenters. The Morgan fingerprint density at radius 1 is 0.194 bits per heavy atom. The standard InChI is InChI=1S/C70H46N2/c1-3-17-47(18-4-1)51-25-11-27-53(41-51)55-29-13-31-59(43-55)71-67-45-57(63-35-15-23-49-21-7-9-33-61(49)63)37-39-65(67)70-69(71)66-40-38-58(64-36-16-24-50-22-8-10-34-62(50)64)46-68(66)72(70)60-32-14-30-56(44-60)54-28-12-26-52(42-54)48-19-5-2-6-20-48/h1-46H. The summed E-state index contributed by atoms with van der Waals surface area (Å²) in [5.74, 6) is 0. The lowest BCUT2D eigenvalue weighted by Crippen LogP contribution is -1.96. The molecule has 2 heterocycles. The predicted molar refractivity (Wildman–Crippen MR) is 305 cm³/mol. The molecule has 0 radical (unpaired) electrons. The summed E-state index contributed by atoms with van der Waals surface area (Å²) in [5, 5.41) is 7.32. The molecule has 12 aromatic carbocycles. The minimum atomic E-state index is 1.11. The Bertz CT molecular complexity index is 4090. The van der Waals surface area contributed by atoms with Gasteiger partial charge >= 0.3 is 0 Å². The van der Waals surface area contributed by atoms with Crippen LogP contribution in [-0.4, -0.2) is 9.13 Å². The summed E-state index contributed by atoms with van der Waals surface area (Å²) in [6, 6.07) is 102. The minimum Gasteiger partial charge on any atom is -0.307 e. The third-order valence-electron chi connectivity index (χ3n) is 14.7. The van der Waals surface area contributed by atoms with Crippen LogP contribution in [0, 0.1) is 0 Å².